The standard InChI is InChI=1S/C18H14ClN7O6S/c19-15-14-16(23-18(22-15)21-9-27)25(8-20-14)11-6-5-10(7-11)17(28)24-33(31,32)13-4-2-1-3-12(13)26(29)30/h1-5,8-9,11H,6-7H2,(H,24,28)(H,21,22,23,27). The molecule has 170 valence electrons. The molecule has 0 spiro atoms. The number of fused-ring (bicyclic) bond motifs is 1. The number of sulfonamides is 1. The van der Waals surface area contributed by atoms with Gasteiger partial charge >= 0.3 is 0 Å². The molecule has 2 aromatic heterocycles. The van der Waals surface area contributed by atoms with Crippen LogP contribution in [-0.2, 0) is 19.6 Å². The molecule has 2 amide bonds. The number of para-hydroxylation sites is 1. The van der Waals surface area contributed by atoms with E-state index < -0.39 is 31.4 Å². The molecule has 15 heteroatoms. The fourth-order valence-corrected chi connectivity index (χ4v) is 4.81. The molecule has 1 aliphatic rings. The third-order valence-electron chi connectivity index (χ3n) is 4.92. The number of nitrogens with one attached hydrogen (secondary N) is 2. The third-order valence-corrected chi connectivity index (χ3v) is 6.56. The van der Waals surface area contributed by atoms with E-state index in [2.05, 4.69) is 20.3 Å². The lowest BCUT2D eigenvalue weighted by molar-refractivity contribution is -0.387. The molecule has 3 aromatic rings. The van der Waals surface area contributed by atoms with Crippen LogP contribution in [0.25, 0.3) is 11.2 Å². The Kier molecular flexibility index (Phi) is 5.78. The van der Waals surface area contributed by atoms with E-state index in [1.165, 1.54) is 18.5 Å². The highest BCUT2D eigenvalue weighted by molar-refractivity contribution is 7.90. The van der Waals surface area contributed by atoms with E-state index in [0.717, 1.165) is 12.1 Å². The van der Waals surface area contributed by atoms with Gasteiger partial charge in [-0.25, -0.2) is 18.1 Å². The Morgan fingerprint density at radius 3 is 2.79 bits per heavy atom. The van der Waals surface area contributed by atoms with Crippen molar-refractivity contribution in [1.29, 1.82) is 0 Å². The summed E-state index contributed by atoms with van der Waals surface area (Å²) in [4.78, 5) is 45.3. The maximum absolute atomic E-state index is 12.6. The second-order valence-electron chi connectivity index (χ2n) is 6.91. The van der Waals surface area contributed by atoms with Crippen LogP contribution in [0.5, 0.6) is 0 Å². The number of hydrogen-bond donors (Lipinski definition) is 2. The number of carbonyl (C=O) groups excluding carboxylic acids is 2. The Morgan fingerprint density at radius 1 is 1.30 bits per heavy atom. The maximum atomic E-state index is 12.6. The molecule has 33 heavy (non-hydrogen) atoms. The van der Waals surface area contributed by atoms with Crippen molar-refractivity contribution in [2.75, 3.05) is 5.32 Å². The van der Waals surface area contributed by atoms with Gasteiger partial charge in [0, 0.05) is 17.7 Å². The lowest BCUT2D eigenvalue weighted by Crippen LogP contribution is -2.32. The number of imidazole rings is 1. The Balaban J connectivity index is 1.54. The first kappa shape index (κ1) is 22.3. The summed E-state index contributed by atoms with van der Waals surface area (Å²) in [5.74, 6) is -0.917. The smallest absolute Gasteiger partial charge is 0.289 e. The van der Waals surface area contributed by atoms with Crippen molar-refractivity contribution in [1.82, 2.24) is 24.2 Å². The highest BCUT2D eigenvalue weighted by Crippen LogP contribution is 2.33. The number of allylic oxidation sites excluding steroid dienone is 1. The van der Waals surface area contributed by atoms with Crippen LogP contribution in [0.4, 0.5) is 11.6 Å². The number of rotatable bonds is 7. The zero-order valence-electron chi connectivity index (χ0n) is 16.5. The van der Waals surface area contributed by atoms with Gasteiger partial charge in [0.1, 0.15) is 5.52 Å². The molecular weight excluding hydrogens is 478 g/mol. The molecule has 13 nitrogen and oxygen atoms in total. The van der Waals surface area contributed by atoms with E-state index in [1.54, 1.807) is 10.6 Å². The van der Waals surface area contributed by atoms with Gasteiger partial charge in [0.2, 0.25) is 12.4 Å². The number of hydrogen-bond acceptors (Lipinski definition) is 9. The van der Waals surface area contributed by atoms with E-state index in [9.17, 15) is 28.1 Å². The SMILES string of the molecule is O=CNc1nc(Cl)c2ncn(C3CC=C(C(=O)NS(=O)(=O)c4ccccc4[N+](=O)[O-])C3)c2n1. The highest BCUT2D eigenvalue weighted by atomic mass is 35.5. The van der Waals surface area contributed by atoms with Crippen molar-refractivity contribution < 1.29 is 22.9 Å². The first-order valence-corrected chi connectivity index (χ1v) is 11.2. The molecule has 0 fully saturated rings. The van der Waals surface area contributed by atoms with Crippen LogP contribution >= 0.6 is 11.6 Å². The zero-order valence-corrected chi connectivity index (χ0v) is 18.1. The van der Waals surface area contributed by atoms with Crippen molar-refractivity contribution in [3.05, 3.63) is 57.5 Å². The minimum absolute atomic E-state index is 0.0243. The minimum Gasteiger partial charge on any atom is -0.311 e. The van der Waals surface area contributed by atoms with Crippen LogP contribution < -0.4 is 10.0 Å². The summed E-state index contributed by atoms with van der Waals surface area (Å²) in [6.07, 6.45) is 3.92. The average Bonchev–Trinajstić information content (AvgIpc) is 3.41. The molecule has 0 bridgehead atoms. The van der Waals surface area contributed by atoms with Crippen molar-refractivity contribution in [2.45, 2.75) is 23.8 Å². The predicted octanol–water partition coefficient (Wildman–Crippen LogP) is 1.72. The molecule has 0 radical (unpaired) electrons. The van der Waals surface area contributed by atoms with Crippen LogP contribution in [0.1, 0.15) is 18.9 Å². The fourth-order valence-electron chi connectivity index (χ4n) is 3.44. The summed E-state index contributed by atoms with van der Waals surface area (Å²) in [5.41, 5.74) is 0.157. The number of nitrogens with zero attached hydrogens (tertiary/aromatic N) is 5. The third kappa shape index (κ3) is 4.25. The number of carbonyl (C=O) groups is 2. The summed E-state index contributed by atoms with van der Waals surface area (Å²) >= 11 is 6.09. The predicted molar refractivity (Wildman–Crippen MR) is 115 cm³/mol. The molecule has 4 rings (SSSR count). The van der Waals surface area contributed by atoms with Gasteiger partial charge in [-0.05, 0) is 18.9 Å². The lowest BCUT2D eigenvalue weighted by atomic mass is 10.2. The van der Waals surface area contributed by atoms with Crippen molar-refractivity contribution >= 4 is 56.7 Å². The first-order valence-electron chi connectivity index (χ1n) is 9.31. The van der Waals surface area contributed by atoms with E-state index in [1.807, 2.05) is 4.72 Å². The van der Waals surface area contributed by atoms with Gasteiger partial charge in [0.15, 0.2) is 15.7 Å². The van der Waals surface area contributed by atoms with Gasteiger partial charge in [-0.3, -0.25) is 25.0 Å². The van der Waals surface area contributed by atoms with E-state index in [0.29, 0.717) is 24.0 Å². The van der Waals surface area contributed by atoms with Crippen LogP contribution in [0, 0.1) is 10.1 Å². The minimum atomic E-state index is -4.48. The number of amides is 2. The monoisotopic (exact) mass is 491 g/mol. The molecular formula is C18H14ClN7O6S. The van der Waals surface area contributed by atoms with Crippen LogP contribution in [0.3, 0.4) is 0 Å². The molecule has 2 N–H and O–H groups in total. The van der Waals surface area contributed by atoms with Crippen LogP contribution in [0.15, 0.2) is 47.1 Å². The van der Waals surface area contributed by atoms with Crippen molar-refractivity contribution in [3.63, 3.8) is 0 Å². The molecule has 0 saturated heterocycles. The molecule has 1 aromatic carbocycles. The largest absolute Gasteiger partial charge is 0.311 e. The van der Waals surface area contributed by atoms with Gasteiger partial charge in [-0.2, -0.15) is 9.97 Å². The number of halogens is 1. The quantitative estimate of drug-likeness (QED) is 0.215. The topological polar surface area (TPSA) is 179 Å². The van der Waals surface area contributed by atoms with Crippen LogP contribution in [-0.4, -0.2) is 45.2 Å². The van der Waals surface area contributed by atoms with E-state index in [4.69, 9.17) is 11.6 Å². The van der Waals surface area contributed by atoms with Gasteiger partial charge in [-0.15, -0.1) is 0 Å². The molecule has 1 aliphatic carbocycles. The first-order chi connectivity index (χ1) is 15.7. The lowest BCUT2D eigenvalue weighted by Gasteiger charge is -2.13. The number of nitro groups is 1. The number of aromatic nitrogens is 4. The molecule has 0 saturated carbocycles. The summed E-state index contributed by atoms with van der Waals surface area (Å²) in [5, 5.41) is 13.5. The Morgan fingerprint density at radius 2 is 2.06 bits per heavy atom. The van der Waals surface area contributed by atoms with E-state index in [-0.39, 0.29) is 29.1 Å². The summed E-state index contributed by atoms with van der Waals surface area (Å²) < 4.78 is 28.7. The molecule has 1 unspecified atom stereocenters. The van der Waals surface area contributed by atoms with Gasteiger partial charge in [-0.1, -0.05) is 29.8 Å². The normalized spacial score (nSPS) is 15.8. The van der Waals surface area contributed by atoms with Crippen molar-refractivity contribution in [3.8, 4) is 0 Å². The van der Waals surface area contributed by atoms with Gasteiger partial charge in [0.05, 0.1) is 11.3 Å². The summed E-state index contributed by atoms with van der Waals surface area (Å²) in [7, 11) is -4.48. The number of nitro benzene ring substituents is 1. The second-order valence-corrected chi connectivity index (χ2v) is 8.92. The zero-order chi connectivity index (χ0) is 23.8. The molecule has 0 aliphatic heterocycles. The number of benzene rings is 1. The van der Waals surface area contributed by atoms with Crippen molar-refractivity contribution in [2.24, 2.45) is 0 Å². The molecule has 1 atom stereocenters. The summed E-state index contributed by atoms with van der Waals surface area (Å²) in [6, 6.07) is 4.39. The van der Waals surface area contributed by atoms with Crippen LogP contribution in [0.2, 0.25) is 5.15 Å². The molecule has 2 heterocycles. The average molecular weight is 492 g/mol. The fraction of sp³-hybridized carbons (Fsp3) is 0.167. The second kappa shape index (κ2) is 8.55. The van der Waals surface area contributed by atoms with Gasteiger partial charge in [0.25, 0.3) is 21.6 Å². The maximum Gasteiger partial charge on any atom is 0.289 e. The summed E-state index contributed by atoms with van der Waals surface area (Å²) in [6.45, 7) is 0. The Bertz CT molecular complexity index is 1440. The van der Waals surface area contributed by atoms with E-state index >= 15 is 0 Å². The number of anilines is 1. The Labute approximate surface area is 190 Å². The van der Waals surface area contributed by atoms with Gasteiger partial charge < -0.3 is 4.57 Å². The Hall–Kier alpha value is -3.91. The highest BCUT2D eigenvalue weighted by Gasteiger charge is 2.31.